The Morgan fingerprint density at radius 2 is 1.84 bits per heavy atom. The second-order valence-electron chi connectivity index (χ2n) is 9.30. The summed E-state index contributed by atoms with van der Waals surface area (Å²) in [6.07, 6.45) is 5.43. The number of hydrogen-bond acceptors (Lipinski definition) is 6. The third-order valence-corrected chi connectivity index (χ3v) is 7.05. The van der Waals surface area contributed by atoms with Crippen LogP contribution in [-0.2, 0) is 14.3 Å². The highest BCUT2D eigenvalue weighted by molar-refractivity contribution is 7.17. The van der Waals surface area contributed by atoms with Gasteiger partial charge in [-0.3, -0.25) is 9.69 Å². The molecule has 1 saturated heterocycles. The van der Waals surface area contributed by atoms with Crippen LogP contribution in [0.5, 0.6) is 0 Å². The van der Waals surface area contributed by atoms with E-state index in [1.54, 1.807) is 6.07 Å². The Hall–Kier alpha value is -1.88. The van der Waals surface area contributed by atoms with Crippen molar-refractivity contribution in [2.45, 2.75) is 70.9 Å². The molecule has 1 aromatic rings. The van der Waals surface area contributed by atoms with Gasteiger partial charge in [0.15, 0.2) is 0 Å². The third-order valence-electron chi connectivity index (χ3n) is 6.00. The van der Waals surface area contributed by atoms with E-state index < -0.39 is 11.5 Å². The van der Waals surface area contributed by atoms with E-state index in [1.165, 1.54) is 18.4 Å². The van der Waals surface area contributed by atoms with Gasteiger partial charge in [0, 0.05) is 25.2 Å². The largest absolute Gasteiger partial charge is 0.465 e. The summed E-state index contributed by atoms with van der Waals surface area (Å²) in [5.74, 6) is 6.41. The van der Waals surface area contributed by atoms with Gasteiger partial charge in [-0.2, -0.15) is 0 Å². The van der Waals surface area contributed by atoms with Gasteiger partial charge in [0.05, 0.1) is 23.1 Å². The van der Waals surface area contributed by atoms with E-state index in [2.05, 4.69) is 18.8 Å². The fourth-order valence-electron chi connectivity index (χ4n) is 4.19. The van der Waals surface area contributed by atoms with Crippen molar-refractivity contribution in [1.29, 1.82) is 0 Å². The number of thiophene rings is 1. The van der Waals surface area contributed by atoms with Crippen LogP contribution in [0.15, 0.2) is 6.07 Å². The summed E-state index contributed by atoms with van der Waals surface area (Å²) in [7, 11) is 1.36. The van der Waals surface area contributed by atoms with E-state index in [4.69, 9.17) is 15.2 Å². The van der Waals surface area contributed by atoms with E-state index in [9.17, 15) is 9.59 Å². The van der Waals surface area contributed by atoms with Crippen LogP contribution in [0.25, 0.3) is 0 Å². The van der Waals surface area contributed by atoms with Crippen LogP contribution in [0.1, 0.15) is 74.5 Å². The molecule has 7 heteroatoms. The lowest BCUT2D eigenvalue weighted by Crippen LogP contribution is -2.47. The second-order valence-corrected chi connectivity index (χ2v) is 10.3. The monoisotopic (exact) mass is 446 g/mol. The maximum Gasteiger partial charge on any atom is 0.340 e. The summed E-state index contributed by atoms with van der Waals surface area (Å²) < 4.78 is 10.6. The highest BCUT2D eigenvalue weighted by atomic mass is 32.1. The van der Waals surface area contributed by atoms with Crippen LogP contribution < -0.4 is 10.6 Å². The first kappa shape index (κ1) is 23.8. The van der Waals surface area contributed by atoms with Crippen molar-refractivity contribution < 1.29 is 19.1 Å². The number of rotatable bonds is 4. The van der Waals surface area contributed by atoms with E-state index in [1.807, 2.05) is 18.7 Å². The first-order valence-electron chi connectivity index (χ1n) is 11.1. The van der Waals surface area contributed by atoms with Crippen molar-refractivity contribution in [2.75, 3.05) is 25.2 Å². The first-order valence-corrected chi connectivity index (χ1v) is 12.0. The second kappa shape index (κ2) is 10.2. The maximum absolute atomic E-state index is 13.8. The summed E-state index contributed by atoms with van der Waals surface area (Å²) in [4.78, 5) is 29.0. The molecular weight excluding hydrogens is 412 g/mol. The first-order chi connectivity index (χ1) is 14.7. The van der Waals surface area contributed by atoms with Crippen LogP contribution in [-0.4, -0.2) is 43.8 Å². The van der Waals surface area contributed by atoms with E-state index in [0.717, 1.165) is 38.5 Å². The minimum atomic E-state index is -0.648. The predicted octanol–water partition coefficient (Wildman–Crippen LogP) is 3.96. The molecule has 31 heavy (non-hydrogen) atoms. The molecule has 0 aromatic carbocycles. The Morgan fingerprint density at radius 3 is 2.42 bits per heavy atom. The lowest BCUT2D eigenvalue weighted by atomic mass is 9.82. The van der Waals surface area contributed by atoms with Crippen LogP contribution in [0, 0.1) is 23.7 Å². The highest BCUT2D eigenvalue weighted by Gasteiger charge is 2.36. The van der Waals surface area contributed by atoms with Crippen molar-refractivity contribution in [2.24, 2.45) is 17.6 Å². The van der Waals surface area contributed by atoms with Gasteiger partial charge in [0.1, 0.15) is 5.00 Å². The molecule has 2 heterocycles. The quantitative estimate of drug-likeness (QED) is 0.559. The standard InChI is InChI=1S/C24H34N2O4S/c1-16-5-7-17(8-6-16)21(27)26(18-10-13-30-14-11-18)22-20(23(28)29-4)15-19(31-22)9-12-24(2,3)25/h15-18H,5-8,10-11,13-14,25H2,1-4H3. The molecule has 0 spiro atoms. The normalized spacial score (nSPS) is 22.4. The number of ether oxygens (including phenoxy) is 2. The molecule has 3 rings (SSSR count). The topological polar surface area (TPSA) is 81.9 Å². The summed E-state index contributed by atoms with van der Waals surface area (Å²) >= 11 is 1.37. The maximum atomic E-state index is 13.8. The number of esters is 1. The van der Waals surface area contributed by atoms with Crippen molar-refractivity contribution in [3.8, 4) is 11.8 Å². The van der Waals surface area contributed by atoms with Gasteiger partial charge in [-0.1, -0.05) is 18.8 Å². The molecule has 170 valence electrons. The van der Waals surface area contributed by atoms with Gasteiger partial charge in [-0.25, -0.2) is 4.79 Å². The molecule has 6 nitrogen and oxygen atoms in total. The SMILES string of the molecule is COC(=O)c1cc(C#CC(C)(C)N)sc1N(C(=O)C1CCC(C)CC1)C1CCOCC1. The number of carbonyl (C=O) groups excluding carboxylic acids is 2. The van der Waals surface area contributed by atoms with Crippen LogP contribution in [0.3, 0.4) is 0 Å². The molecule has 1 aliphatic heterocycles. The number of hydrogen-bond donors (Lipinski definition) is 1. The van der Waals surface area contributed by atoms with Gasteiger partial charge < -0.3 is 15.2 Å². The zero-order valence-electron chi connectivity index (χ0n) is 19.0. The molecule has 0 atom stereocenters. The summed E-state index contributed by atoms with van der Waals surface area (Å²) in [5, 5.41) is 0.640. The Bertz CT molecular complexity index is 847. The number of amides is 1. The Morgan fingerprint density at radius 1 is 1.19 bits per heavy atom. The Labute approximate surface area is 189 Å². The molecule has 0 unspecified atom stereocenters. The lowest BCUT2D eigenvalue weighted by molar-refractivity contribution is -0.124. The van der Waals surface area contributed by atoms with Crippen molar-refractivity contribution in [1.82, 2.24) is 0 Å². The average Bonchev–Trinajstić information content (AvgIpc) is 3.16. The molecule has 2 N–H and O–H groups in total. The van der Waals surface area contributed by atoms with Crippen molar-refractivity contribution in [3.05, 3.63) is 16.5 Å². The number of nitrogens with zero attached hydrogens (tertiary/aromatic N) is 1. The third kappa shape index (κ3) is 6.09. The molecule has 1 aliphatic carbocycles. The Kier molecular flexibility index (Phi) is 7.79. The smallest absolute Gasteiger partial charge is 0.340 e. The van der Waals surface area contributed by atoms with Gasteiger partial charge in [-0.15, -0.1) is 11.3 Å². The summed E-state index contributed by atoms with van der Waals surface area (Å²) in [6, 6.07) is 1.74. The molecule has 2 fully saturated rings. The zero-order chi connectivity index (χ0) is 22.6. The number of anilines is 1. The van der Waals surface area contributed by atoms with Crippen LogP contribution >= 0.6 is 11.3 Å². The minimum Gasteiger partial charge on any atom is -0.465 e. The number of carbonyl (C=O) groups is 2. The molecule has 1 amide bonds. The summed E-state index contributed by atoms with van der Waals surface area (Å²) in [6.45, 7) is 7.14. The van der Waals surface area contributed by atoms with Gasteiger partial charge in [-0.05, 0) is 64.4 Å². The predicted molar refractivity (Wildman–Crippen MR) is 123 cm³/mol. The van der Waals surface area contributed by atoms with Crippen molar-refractivity contribution in [3.63, 3.8) is 0 Å². The fraction of sp³-hybridized carbons (Fsp3) is 0.667. The van der Waals surface area contributed by atoms with Crippen LogP contribution in [0.2, 0.25) is 0 Å². The fourth-order valence-corrected chi connectivity index (χ4v) is 5.27. The molecule has 0 bridgehead atoms. The zero-order valence-corrected chi connectivity index (χ0v) is 19.8. The van der Waals surface area contributed by atoms with E-state index in [-0.39, 0.29) is 17.9 Å². The molecule has 1 saturated carbocycles. The molecular formula is C24H34N2O4S. The molecule has 2 aliphatic rings. The molecule has 0 radical (unpaired) electrons. The minimum absolute atomic E-state index is 0.00872. The number of nitrogens with two attached hydrogens (primary N) is 1. The van der Waals surface area contributed by atoms with Crippen LogP contribution in [0.4, 0.5) is 5.00 Å². The lowest BCUT2D eigenvalue weighted by Gasteiger charge is -2.37. The van der Waals surface area contributed by atoms with Gasteiger partial charge in [0.25, 0.3) is 0 Å². The molecule has 1 aromatic heterocycles. The average molecular weight is 447 g/mol. The summed E-state index contributed by atoms with van der Waals surface area (Å²) in [5.41, 5.74) is 5.76. The van der Waals surface area contributed by atoms with E-state index in [0.29, 0.717) is 34.6 Å². The van der Waals surface area contributed by atoms with E-state index >= 15 is 0 Å². The van der Waals surface area contributed by atoms with Crippen molar-refractivity contribution >= 4 is 28.2 Å². The number of methoxy groups -OCH3 is 1. The highest BCUT2D eigenvalue weighted by Crippen LogP contribution is 2.38. The Balaban J connectivity index is 2.02. The van der Waals surface area contributed by atoms with Gasteiger partial charge in [0.2, 0.25) is 5.91 Å². The van der Waals surface area contributed by atoms with Gasteiger partial charge >= 0.3 is 5.97 Å².